The van der Waals surface area contributed by atoms with E-state index in [1.54, 1.807) is 6.92 Å². The molecule has 3 aliphatic heterocycles. The van der Waals surface area contributed by atoms with Crippen molar-refractivity contribution < 1.29 is 147 Å². The maximum Gasteiger partial charge on any atom is 0.407 e. The van der Waals surface area contributed by atoms with Crippen LogP contribution in [-0.2, 0) is 80.6 Å². The highest BCUT2D eigenvalue weighted by atomic mass is 16.7. The molecule has 33 heteroatoms. The van der Waals surface area contributed by atoms with Crippen LogP contribution in [0.4, 0.5) is 4.79 Å². The van der Waals surface area contributed by atoms with Crippen molar-refractivity contribution in [2.75, 3.05) is 172 Å². The van der Waals surface area contributed by atoms with E-state index in [0.717, 1.165) is 0 Å². The first-order valence-electron chi connectivity index (χ1n) is 26.8. The summed E-state index contributed by atoms with van der Waals surface area (Å²) >= 11 is 0. The van der Waals surface area contributed by atoms with Gasteiger partial charge >= 0.3 is 6.09 Å². The molecule has 15 atom stereocenters. The molecule has 3 fully saturated rings. The lowest BCUT2D eigenvalue weighted by Gasteiger charge is -2.39. The Kier molecular flexibility index (Phi) is 37.6. The topological polar surface area (TPSA) is 469 Å². The van der Waals surface area contributed by atoms with Crippen LogP contribution in [0.3, 0.4) is 0 Å². The second kappa shape index (κ2) is 42.1. The highest BCUT2D eigenvalue weighted by Crippen LogP contribution is 2.25. The molecule has 0 aromatic heterocycles. The monoisotopic (exact) mass is 1190 g/mol. The smallest absolute Gasteiger partial charge is 0.407 e. The van der Waals surface area contributed by atoms with Gasteiger partial charge in [0, 0.05) is 37.9 Å². The van der Waals surface area contributed by atoms with Crippen LogP contribution in [-0.4, -0.2) is 343 Å². The van der Waals surface area contributed by atoms with Gasteiger partial charge in [-0.1, -0.05) is 6.92 Å². The molecule has 0 bridgehead atoms. The molecule has 0 saturated carbocycles. The minimum Gasteiger partial charge on any atom is -0.449 e. The van der Waals surface area contributed by atoms with Crippen molar-refractivity contribution in [3.05, 3.63) is 0 Å². The molecule has 15 N–H and O–H groups in total. The van der Waals surface area contributed by atoms with Gasteiger partial charge in [-0.05, 0) is 0 Å². The van der Waals surface area contributed by atoms with Crippen LogP contribution in [0.2, 0.25) is 0 Å². The quantitative estimate of drug-likeness (QED) is 0.0252. The highest BCUT2D eigenvalue weighted by molar-refractivity contribution is 5.76. The van der Waals surface area contributed by atoms with Crippen LogP contribution >= 0.6 is 0 Å². The van der Waals surface area contributed by atoms with Gasteiger partial charge in [-0.2, -0.15) is 0 Å². The van der Waals surface area contributed by atoms with Crippen molar-refractivity contribution in [1.29, 1.82) is 0 Å². The summed E-state index contributed by atoms with van der Waals surface area (Å²) < 4.78 is 81.5. The molecule has 0 aliphatic carbocycles. The number of alkyl carbamates (subject to hydrolysis) is 1. The number of hydrogen-bond acceptors (Lipinski definition) is 30. The Morgan fingerprint density at radius 1 is 0.370 bits per heavy atom. The van der Waals surface area contributed by atoms with E-state index in [2.05, 4.69) is 16.0 Å². The summed E-state index contributed by atoms with van der Waals surface area (Å²) in [6.07, 6.45) is -21.5. The molecule has 3 heterocycles. The maximum absolute atomic E-state index is 12.6. The van der Waals surface area contributed by atoms with Gasteiger partial charge in [0.05, 0.1) is 145 Å². The number of carbonyl (C=O) groups is 3. The molecule has 0 spiro atoms. The third kappa shape index (κ3) is 28.3. The van der Waals surface area contributed by atoms with Crippen molar-refractivity contribution in [3.63, 3.8) is 0 Å². The standard InChI is InChI=1S/C48H89N3O30/c1-48(29-78-47(66)51-6-11-69-14-17-72-20-23-77-46-43(65)40(62)37(59)32(26-54)81-46,27-73-7-2-33(55)49-4-9-67-12-15-70-18-21-75-44-41(63)38(60)35(57)30(24-52)79-44)28-74-8-3-34(56)50-5-10-68-13-16-71-19-22-76-45-42(64)39(61)36(58)31(25-53)80-45/h30-32,35-46,52-54,57-65H,2-29H2,1H3,(H,49,55)(H,50,56)(H,51,66)/t30?,31?,32?,35-,36-,37-,38+,39+,40+,41?,42?,43?,44+,45+,46+,48?/m1/s1. The van der Waals surface area contributed by atoms with Crippen molar-refractivity contribution in [1.82, 2.24) is 16.0 Å². The minimum atomic E-state index is -1.56. The van der Waals surface area contributed by atoms with Crippen molar-refractivity contribution in [2.45, 2.75) is 112 Å². The molecule has 3 amide bonds. The third-order valence-corrected chi connectivity index (χ3v) is 12.2. The summed E-state index contributed by atoms with van der Waals surface area (Å²) in [7, 11) is 0. The fourth-order valence-corrected chi connectivity index (χ4v) is 7.56. The molecule has 6 unspecified atom stereocenters. The number of rotatable bonds is 45. The summed E-state index contributed by atoms with van der Waals surface area (Å²) in [4.78, 5) is 37.6. The zero-order chi connectivity index (χ0) is 59.4. The Bertz CT molecular complexity index is 1570. The first kappa shape index (κ1) is 72.4. The number of aliphatic hydroxyl groups is 12. The zero-order valence-corrected chi connectivity index (χ0v) is 45.7. The van der Waals surface area contributed by atoms with Gasteiger partial charge in [-0.15, -0.1) is 0 Å². The van der Waals surface area contributed by atoms with Gasteiger partial charge in [0.1, 0.15) is 79.9 Å². The molecule has 0 radical (unpaired) electrons. The van der Waals surface area contributed by atoms with Gasteiger partial charge in [0.25, 0.3) is 0 Å². The SMILES string of the molecule is CC(COCCC(=O)NCCOCCOCCO[C@H]1OC(CO)[C@@H](O)[C@H](O)C1O)(COCCC(=O)NCCOCCOCCO[C@H]1OC(CO)[C@@H](O)[C@H](O)C1O)COC(=O)NCCOCCOCCO[C@H]1OC(CO)[C@@H](O)[C@H](O)C1O. The van der Waals surface area contributed by atoms with Gasteiger partial charge in [0.2, 0.25) is 11.8 Å². The Labute approximate surface area is 468 Å². The first-order valence-corrected chi connectivity index (χ1v) is 26.8. The van der Waals surface area contributed by atoms with Crippen molar-refractivity contribution >= 4 is 17.9 Å². The van der Waals surface area contributed by atoms with Gasteiger partial charge in [-0.3, -0.25) is 9.59 Å². The summed E-state index contributed by atoms with van der Waals surface area (Å²) in [6.45, 7) is 2.08. The van der Waals surface area contributed by atoms with E-state index in [-0.39, 0.29) is 176 Å². The Hall–Kier alpha value is -2.83. The van der Waals surface area contributed by atoms with Gasteiger partial charge in [-0.25, -0.2) is 4.79 Å². The van der Waals surface area contributed by atoms with Crippen molar-refractivity contribution in [2.24, 2.45) is 5.41 Å². The van der Waals surface area contributed by atoms with E-state index < -0.39 is 123 Å². The molecule has 0 aromatic rings. The minimum absolute atomic E-state index is 0.000570. The fraction of sp³-hybridized carbons (Fsp3) is 0.938. The summed E-state index contributed by atoms with van der Waals surface area (Å²) in [5.74, 6) is -0.627. The van der Waals surface area contributed by atoms with Gasteiger partial charge in [0.15, 0.2) is 18.9 Å². The molecule has 3 aliphatic rings. The molecule has 3 saturated heterocycles. The van der Waals surface area contributed by atoms with Crippen LogP contribution in [0.1, 0.15) is 19.8 Å². The summed E-state index contributed by atoms with van der Waals surface area (Å²) in [5.41, 5.74) is -0.922. The van der Waals surface area contributed by atoms with E-state index in [1.807, 2.05) is 0 Å². The fourth-order valence-electron chi connectivity index (χ4n) is 7.56. The lowest BCUT2D eigenvalue weighted by Crippen LogP contribution is -2.59. The van der Waals surface area contributed by atoms with Crippen LogP contribution < -0.4 is 16.0 Å². The summed E-state index contributed by atoms with van der Waals surface area (Å²) in [5, 5.41) is 125. The number of hydrogen-bond donors (Lipinski definition) is 15. The lowest BCUT2D eigenvalue weighted by atomic mass is 9.94. The van der Waals surface area contributed by atoms with E-state index in [9.17, 15) is 75.7 Å². The number of aliphatic hydroxyl groups excluding tert-OH is 12. The zero-order valence-electron chi connectivity index (χ0n) is 45.7. The molecular formula is C48H89N3O30. The Balaban J connectivity index is 1.27. The molecule has 3 rings (SSSR count). The predicted molar refractivity (Wildman–Crippen MR) is 268 cm³/mol. The third-order valence-electron chi connectivity index (χ3n) is 12.2. The van der Waals surface area contributed by atoms with Crippen molar-refractivity contribution in [3.8, 4) is 0 Å². The second-order valence-corrected chi connectivity index (χ2v) is 19.0. The van der Waals surface area contributed by atoms with E-state index in [1.165, 1.54) is 0 Å². The number of carbonyl (C=O) groups excluding carboxylic acids is 3. The van der Waals surface area contributed by atoms with E-state index in [0.29, 0.717) is 0 Å². The van der Waals surface area contributed by atoms with Crippen LogP contribution in [0, 0.1) is 5.41 Å². The van der Waals surface area contributed by atoms with Crippen LogP contribution in [0.15, 0.2) is 0 Å². The predicted octanol–water partition coefficient (Wildman–Crippen LogP) is -8.69. The average Bonchev–Trinajstić information content (AvgIpc) is 3.47. The van der Waals surface area contributed by atoms with Crippen LogP contribution in [0.5, 0.6) is 0 Å². The second-order valence-electron chi connectivity index (χ2n) is 19.0. The first-order chi connectivity index (χ1) is 39.0. The molecule has 81 heavy (non-hydrogen) atoms. The number of amides is 3. The maximum atomic E-state index is 12.6. The average molecular weight is 1190 g/mol. The van der Waals surface area contributed by atoms with E-state index >= 15 is 0 Å². The van der Waals surface area contributed by atoms with Gasteiger partial charge < -0.3 is 148 Å². The molecule has 0 aromatic carbocycles. The normalized spacial score (nSPS) is 29.5. The molecule has 33 nitrogen and oxygen atoms in total. The highest BCUT2D eigenvalue weighted by Gasteiger charge is 2.46. The van der Waals surface area contributed by atoms with E-state index in [4.69, 9.17) is 71.1 Å². The Morgan fingerprint density at radius 2 is 0.667 bits per heavy atom. The number of ether oxygens (including phenoxy) is 15. The number of nitrogens with one attached hydrogen (secondary N) is 3. The molecule has 476 valence electrons. The largest absolute Gasteiger partial charge is 0.449 e. The molecular weight excluding hydrogens is 1100 g/mol. The summed E-state index contributed by atoms with van der Waals surface area (Å²) in [6, 6.07) is 0. The Morgan fingerprint density at radius 3 is 0.988 bits per heavy atom. The lowest BCUT2D eigenvalue weighted by molar-refractivity contribution is -0.302. The van der Waals surface area contributed by atoms with Crippen LogP contribution in [0.25, 0.3) is 0 Å².